The molecule has 0 bridgehead atoms. The topological polar surface area (TPSA) is 66.8 Å². The van der Waals surface area contributed by atoms with Crippen LogP contribution in [0.25, 0.3) is 0 Å². The van der Waals surface area contributed by atoms with E-state index in [1.807, 2.05) is 0 Å². The summed E-state index contributed by atoms with van der Waals surface area (Å²) in [7, 11) is 0. The number of fused-ring (bicyclic) bond motifs is 1. The van der Waals surface area contributed by atoms with Crippen LogP contribution in [0.4, 0.5) is 0 Å². The normalized spacial score (nSPS) is 15.6. The van der Waals surface area contributed by atoms with Crippen molar-refractivity contribution in [1.29, 1.82) is 0 Å². The Hall–Kier alpha value is -1.26. The summed E-state index contributed by atoms with van der Waals surface area (Å²) in [6.07, 6.45) is 2.25. The van der Waals surface area contributed by atoms with Crippen LogP contribution in [0.3, 0.4) is 0 Å². The predicted octanol–water partition coefficient (Wildman–Crippen LogP) is 2.83. The van der Waals surface area contributed by atoms with E-state index in [0.29, 0.717) is 0 Å². The van der Waals surface area contributed by atoms with Gasteiger partial charge >= 0.3 is 5.97 Å². The number of aromatic hydroxyl groups is 1. The van der Waals surface area contributed by atoms with Crippen LogP contribution >= 0.6 is 11.6 Å². The number of hydrogen-bond acceptors (Lipinski definition) is 4. The number of carbonyl (C=O) groups is 1. The molecule has 0 aromatic heterocycles. The van der Waals surface area contributed by atoms with E-state index in [9.17, 15) is 15.0 Å². The number of rotatable bonds is 3. The molecule has 1 aromatic rings. The molecule has 1 aromatic carbocycles. The Morgan fingerprint density at radius 1 is 1.35 bits per heavy atom. The van der Waals surface area contributed by atoms with Crippen LogP contribution in [0.1, 0.15) is 48.1 Å². The molecule has 1 unspecified atom stereocenters. The maximum Gasteiger partial charge on any atom is 0.339 e. The minimum Gasteiger partial charge on any atom is -0.506 e. The zero-order valence-corrected chi connectivity index (χ0v) is 12.5. The van der Waals surface area contributed by atoms with Gasteiger partial charge in [0.15, 0.2) is 6.10 Å². The Bertz CT molecular complexity index is 539. The van der Waals surface area contributed by atoms with Gasteiger partial charge in [0.1, 0.15) is 5.75 Å². The van der Waals surface area contributed by atoms with Crippen molar-refractivity contribution in [2.45, 2.75) is 45.6 Å². The van der Waals surface area contributed by atoms with Gasteiger partial charge in [-0.05, 0) is 56.2 Å². The van der Waals surface area contributed by atoms with Crippen LogP contribution in [0, 0.1) is 6.92 Å². The summed E-state index contributed by atoms with van der Waals surface area (Å²) < 4.78 is 4.81. The molecular weight excluding hydrogens is 280 g/mol. The fraction of sp³-hybridized carbons (Fsp3) is 0.533. The van der Waals surface area contributed by atoms with Crippen LogP contribution in [-0.4, -0.2) is 22.8 Å². The first-order valence-corrected chi connectivity index (χ1v) is 7.24. The molecule has 0 amide bonds. The third kappa shape index (κ3) is 2.50. The van der Waals surface area contributed by atoms with Gasteiger partial charge in [0.05, 0.1) is 11.6 Å². The van der Waals surface area contributed by atoms with E-state index in [-0.39, 0.29) is 22.9 Å². The number of ether oxygens (including phenoxy) is 1. The van der Waals surface area contributed by atoms with Crippen LogP contribution in [-0.2, 0) is 22.4 Å². The van der Waals surface area contributed by atoms with Crippen molar-refractivity contribution < 1.29 is 19.7 Å². The minimum absolute atomic E-state index is 0.175. The lowest BCUT2D eigenvalue weighted by atomic mass is 9.84. The number of halogens is 1. The number of aliphatic hydroxyl groups excluding tert-OH is 1. The molecule has 5 heteroatoms. The van der Waals surface area contributed by atoms with Crippen LogP contribution in [0.15, 0.2) is 0 Å². The molecular formula is C15H19ClO4. The molecule has 2 rings (SSSR count). The van der Waals surface area contributed by atoms with E-state index in [4.69, 9.17) is 16.3 Å². The molecule has 0 spiro atoms. The third-order valence-electron chi connectivity index (χ3n) is 3.84. The van der Waals surface area contributed by atoms with Gasteiger partial charge in [-0.2, -0.15) is 0 Å². The summed E-state index contributed by atoms with van der Waals surface area (Å²) in [6, 6.07) is 0. The Morgan fingerprint density at radius 2 is 1.95 bits per heavy atom. The van der Waals surface area contributed by atoms with Gasteiger partial charge in [-0.25, -0.2) is 4.79 Å². The summed E-state index contributed by atoms with van der Waals surface area (Å²) in [6.45, 7) is 3.64. The van der Waals surface area contributed by atoms with E-state index in [0.717, 1.165) is 42.4 Å². The van der Waals surface area contributed by atoms with Gasteiger partial charge < -0.3 is 14.9 Å². The second-order valence-electron chi connectivity index (χ2n) is 5.02. The Balaban J connectivity index is 2.53. The standard InChI is InChI=1S/C15H19ClO4/c1-3-20-15(19)14(18)11-8(2)9-6-4-5-7-10(9)12(16)13(11)17/h14,17-18H,3-7H2,1-2H3. The third-order valence-corrected chi connectivity index (χ3v) is 4.24. The SMILES string of the molecule is CCOC(=O)C(O)c1c(C)c2c(c(Cl)c1O)CCCC2. The van der Waals surface area contributed by atoms with Crippen molar-refractivity contribution in [3.63, 3.8) is 0 Å². The van der Waals surface area contributed by atoms with E-state index in [1.54, 1.807) is 13.8 Å². The van der Waals surface area contributed by atoms with Crippen molar-refractivity contribution in [1.82, 2.24) is 0 Å². The monoisotopic (exact) mass is 298 g/mol. The molecule has 20 heavy (non-hydrogen) atoms. The molecule has 0 fully saturated rings. The molecule has 110 valence electrons. The highest BCUT2D eigenvalue weighted by atomic mass is 35.5. The molecule has 0 aliphatic heterocycles. The van der Waals surface area contributed by atoms with Gasteiger partial charge in [0, 0.05) is 5.56 Å². The summed E-state index contributed by atoms with van der Waals surface area (Å²) in [5.41, 5.74) is 2.89. The molecule has 2 N–H and O–H groups in total. The summed E-state index contributed by atoms with van der Waals surface area (Å²) in [4.78, 5) is 11.7. The van der Waals surface area contributed by atoms with Crippen molar-refractivity contribution in [3.8, 4) is 5.75 Å². The molecule has 0 heterocycles. The number of esters is 1. The van der Waals surface area contributed by atoms with Crippen molar-refractivity contribution in [3.05, 3.63) is 27.3 Å². The lowest BCUT2D eigenvalue weighted by Crippen LogP contribution is -2.18. The largest absolute Gasteiger partial charge is 0.506 e. The number of phenols is 1. The van der Waals surface area contributed by atoms with E-state index in [2.05, 4.69) is 0 Å². The zero-order chi connectivity index (χ0) is 14.9. The van der Waals surface area contributed by atoms with Crippen molar-refractivity contribution >= 4 is 17.6 Å². The first-order chi connectivity index (χ1) is 9.49. The molecule has 0 radical (unpaired) electrons. The van der Waals surface area contributed by atoms with Crippen LogP contribution in [0.5, 0.6) is 5.75 Å². The Kier molecular flexibility index (Phi) is 4.55. The Labute approximate surface area is 123 Å². The molecule has 1 aliphatic rings. The first-order valence-electron chi connectivity index (χ1n) is 6.86. The average molecular weight is 299 g/mol. The number of phenolic OH excluding ortho intramolecular Hbond substituents is 1. The smallest absolute Gasteiger partial charge is 0.339 e. The van der Waals surface area contributed by atoms with Gasteiger partial charge in [-0.1, -0.05) is 11.6 Å². The highest BCUT2D eigenvalue weighted by molar-refractivity contribution is 6.33. The van der Waals surface area contributed by atoms with Gasteiger partial charge in [-0.15, -0.1) is 0 Å². The molecule has 1 aliphatic carbocycles. The van der Waals surface area contributed by atoms with E-state index < -0.39 is 12.1 Å². The second kappa shape index (κ2) is 6.02. The minimum atomic E-state index is -1.50. The number of hydrogen-bond donors (Lipinski definition) is 2. The number of carbonyl (C=O) groups excluding carboxylic acids is 1. The van der Waals surface area contributed by atoms with Crippen LogP contribution < -0.4 is 0 Å². The fourth-order valence-electron chi connectivity index (χ4n) is 2.84. The van der Waals surface area contributed by atoms with Crippen molar-refractivity contribution in [2.75, 3.05) is 6.61 Å². The highest BCUT2D eigenvalue weighted by Crippen LogP contribution is 2.42. The molecule has 0 saturated carbocycles. The van der Waals surface area contributed by atoms with Crippen molar-refractivity contribution in [2.24, 2.45) is 0 Å². The first kappa shape index (κ1) is 15.1. The quantitative estimate of drug-likeness (QED) is 0.842. The Morgan fingerprint density at radius 3 is 2.55 bits per heavy atom. The number of aliphatic hydroxyl groups is 1. The summed E-state index contributed by atoms with van der Waals surface area (Å²) in [5, 5.41) is 20.6. The van der Waals surface area contributed by atoms with Gasteiger partial charge in [0.25, 0.3) is 0 Å². The second-order valence-corrected chi connectivity index (χ2v) is 5.40. The van der Waals surface area contributed by atoms with Crippen LogP contribution in [0.2, 0.25) is 5.02 Å². The lowest BCUT2D eigenvalue weighted by Gasteiger charge is -2.24. The zero-order valence-electron chi connectivity index (χ0n) is 11.7. The van der Waals surface area contributed by atoms with E-state index in [1.165, 1.54) is 0 Å². The van der Waals surface area contributed by atoms with Gasteiger partial charge in [0.2, 0.25) is 0 Å². The maximum absolute atomic E-state index is 11.7. The lowest BCUT2D eigenvalue weighted by molar-refractivity contribution is -0.153. The van der Waals surface area contributed by atoms with Gasteiger partial charge in [-0.3, -0.25) is 0 Å². The average Bonchev–Trinajstić information content (AvgIpc) is 2.45. The molecule has 4 nitrogen and oxygen atoms in total. The summed E-state index contributed by atoms with van der Waals surface area (Å²) >= 11 is 6.20. The summed E-state index contributed by atoms with van der Waals surface area (Å²) in [5.74, 6) is -0.969. The number of benzene rings is 1. The maximum atomic E-state index is 11.7. The fourth-order valence-corrected chi connectivity index (χ4v) is 3.15. The van der Waals surface area contributed by atoms with E-state index >= 15 is 0 Å². The highest BCUT2D eigenvalue weighted by Gasteiger charge is 2.30. The molecule has 1 atom stereocenters. The molecule has 0 saturated heterocycles. The predicted molar refractivity (Wildman–Crippen MR) is 76.1 cm³/mol.